The van der Waals surface area contributed by atoms with Crippen molar-refractivity contribution in [3.63, 3.8) is 0 Å². The summed E-state index contributed by atoms with van der Waals surface area (Å²) >= 11 is 0. The van der Waals surface area contributed by atoms with E-state index >= 15 is 0 Å². The lowest BCUT2D eigenvalue weighted by Crippen LogP contribution is -2.43. The second-order valence-corrected chi connectivity index (χ2v) is 25.0. The number of rotatable bonds is 19. The predicted octanol–water partition coefficient (Wildman–Crippen LogP) is 5.07. The number of hydrogen-bond acceptors (Lipinski definition) is 7. The second kappa shape index (κ2) is 14.8. The second-order valence-electron chi connectivity index (χ2n) is 9.75. The maximum absolute atomic E-state index is 6.57. The van der Waals surface area contributed by atoms with E-state index in [2.05, 4.69) is 32.7 Å². The van der Waals surface area contributed by atoms with Gasteiger partial charge in [-0.2, -0.15) is 0 Å². The lowest BCUT2D eigenvalue weighted by Gasteiger charge is -2.32. The van der Waals surface area contributed by atoms with Gasteiger partial charge < -0.3 is 30.7 Å². The molecule has 0 aromatic heterocycles. The highest BCUT2D eigenvalue weighted by Gasteiger charge is 2.39. The third-order valence-corrected chi connectivity index (χ3v) is 17.6. The molecule has 0 bridgehead atoms. The molecular formula is C19H49BO7Si4. The van der Waals surface area contributed by atoms with E-state index in [0.29, 0.717) is 6.71 Å². The summed E-state index contributed by atoms with van der Waals surface area (Å²) < 4.78 is 40.2. The molecule has 12 heteroatoms. The standard InChI is InChI=1S/C19H49BO7Si4/c1-21-30(22-2,23-3)17-12-14-20(15-13-18-31(24-4,25-5)26-6)16-19-29(10,11)27-28(7,8)9/h12-19H2,1-11H3. The van der Waals surface area contributed by atoms with Gasteiger partial charge in [-0.3, -0.25) is 0 Å². The molecule has 0 rings (SSSR count). The van der Waals surface area contributed by atoms with E-state index in [-0.39, 0.29) is 0 Å². The van der Waals surface area contributed by atoms with Crippen molar-refractivity contribution in [1.82, 2.24) is 0 Å². The van der Waals surface area contributed by atoms with Crippen molar-refractivity contribution in [1.29, 1.82) is 0 Å². The molecule has 0 saturated heterocycles. The van der Waals surface area contributed by atoms with Crippen LogP contribution in [-0.4, -0.2) is 83.6 Å². The molecule has 0 aromatic rings. The van der Waals surface area contributed by atoms with Crippen molar-refractivity contribution < 1.29 is 30.7 Å². The molecule has 0 aliphatic rings. The maximum atomic E-state index is 6.57. The summed E-state index contributed by atoms with van der Waals surface area (Å²) in [4.78, 5) is 0. The van der Waals surface area contributed by atoms with Crippen LogP contribution >= 0.6 is 0 Å². The van der Waals surface area contributed by atoms with Crippen LogP contribution in [0.5, 0.6) is 0 Å². The third kappa shape index (κ3) is 12.6. The molecular weight excluding hydrogens is 463 g/mol. The first kappa shape index (κ1) is 31.7. The van der Waals surface area contributed by atoms with Crippen LogP contribution < -0.4 is 0 Å². The molecule has 0 spiro atoms. The van der Waals surface area contributed by atoms with Crippen molar-refractivity contribution >= 4 is 41.0 Å². The fourth-order valence-electron chi connectivity index (χ4n) is 4.19. The van der Waals surface area contributed by atoms with E-state index in [4.69, 9.17) is 30.7 Å². The van der Waals surface area contributed by atoms with Crippen LogP contribution in [0.2, 0.25) is 69.8 Å². The summed E-state index contributed by atoms with van der Waals surface area (Å²) in [6.07, 6.45) is 5.51. The summed E-state index contributed by atoms with van der Waals surface area (Å²) in [6.45, 7) is 12.2. The van der Waals surface area contributed by atoms with Gasteiger partial charge in [0.2, 0.25) is 0 Å². The Labute approximate surface area is 196 Å². The van der Waals surface area contributed by atoms with Crippen LogP contribution in [0, 0.1) is 0 Å². The lowest BCUT2D eigenvalue weighted by atomic mass is 9.42. The summed E-state index contributed by atoms with van der Waals surface area (Å²) in [5.41, 5.74) is 0. The number of hydrogen-bond donors (Lipinski definition) is 0. The normalized spacial score (nSPS) is 13.6. The SMILES string of the molecule is CO[Si](CCCB(CCC[Si](OC)(OC)OC)CC[Si](C)(C)O[Si](C)(C)C)(OC)OC. The van der Waals surface area contributed by atoms with Crippen molar-refractivity contribution in [2.45, 2.75) is 82.7 Å². The van der Waals surface area contributed by atoms with E-state index in [1.807, 2.05) is 0 Å². The van der Waals surface area contributed by atoms with Gasteiger partial charge in [-0.15, -0.1) is 0 Å². The largest absolute Gasteiger partial charge is 0.500 e. The van der Waals surface area contributed by atoms with Crippen molar-refractivity contribution in [3.8, 4) is 0 Å². The Morgan fingerprint density at radius 2 is 0.871 bits per heavy atom. The molecule has 31 heavy (non-hydrogen) atoms. The Kier molecular flexibility index (Phi) is 15.1. The van der Waals surface area contributed by atoms with E-state index in [1.165, 1.54) is 12.4 Å². The zero-order valence-corrected chi connectivity index (χ0v) is 26.1. The lowest BCUT2D eigenvalue weighted by molar-refractivity contribution is 0.123. The molecule has 0 atom stereocenters. The third-order valence-electron chi connectivity index (χ3n) is 5.79. The topological polar surface area (TPSA) is 64.6 Å². The Hall–Kier alpha value is 0.652. The Bertz CT molecular complexity index is 430. The van der Waals surface area contributed by atoms with Crippen LogP contribution in [0.15, 0.2) is 0 Å². The molecule has 0 aliphatic carbocycles. The van der Waals surface area contributed by atoms with E-state index in [9.17, 15) is 0 Å². The van der Waals surface area contributed by atoms with Gasteiger partial charge >= 0.3 is 17.6 Å². The molecule has 0 amide bonds. The summed E-state index contributed by atoms with van der Waals surface area (Å²) in [7, 11) is 1.88. The van der Waals surface area contributed by atoms with Gasteiger partial charge in [-0.1, -0.05) is 31.8 Å². The molecule has 0 N–H and O–H groups in total. The van der Waals surface area contributed by atoms with E-state index in [1.54, 1.807) is 42.7 Å². The zero-order chi connectivity index (χ0) is 24.2. The Morgan fingerprint density at radius 1 is 0.516 bits per heavy atom. The average molecular weight is 513 g/mol. The minimum Gasteiger partial charge on any atom is -0.456 e. The maximum Gasteiger partial charge on any atom is 0.500 e. The quantitative estimate of drug-likeness (QED) is 0.224. The van der Waals surface area contributed by atoms with Crippen LogP contribution in [0.1, 0.15) is 12.8 Å². The minimum absolute atomic E-state index is 0.617. The zero-order valence-electron chi connectivity index (χ0n) is 22.1. The predicted molar refractivity (Wildman–Crippen MR) is 139 cm³/mol. The molecule has 0 unspecified atom stereocenters. The van der Waals surface area contributed by atoms with Gasteiger partial charge in [0.15, 0.2) is 16.6 Å². The molecule has 0 radical (unpaired) electrons. The fraction of sp³-hybridized carbons (Fsp3) is 1.00. The minimum atomic E-state index is -2.52. The van der Waals surface area contributed by atoms with Gasteiger partial charge in [0.05, 0.1) is 0 Å². The highest BCUT2D eigenvalue weighted by atomic mass is 28.4. The van der Waals surface area contributed by atoms with Crippen LogP contribution in [0.4, 0.5) is 0 Å². The molecule has 0 heterocycles. The van der Waals surface area contributed by atoms with Crippen LogP contribution in [0.3, 0.4) is 0 Å². The smallest absolute Gasteiger partial charge is 0.456 e. The Morgan fingerprint density at radius 3 is 1.16 bits per heavy atom. The van der Waals surface area contributed by atoms with Gasteiger partial charge in [-0.25, -0.2) is 0 Å². The summed E-state index contributed by atoms with van der Waals surface area (Å²) in [5, 5.41) is 0. The first-order chi connectivity index (χ1) is 14.4. The Balaban J connectivity index is 4.99. The van der Waals surface area contributed by atoms with Gasteiger partial charge in [-0.05, 0) is 38.8 Å². The molecule has 0 saturated carbocycles. The molecule has 7 nitrogen and oxygen atoms in total. The first-order valence-electron chi connectivity index (χ1n) is 11.4. The van der Waals surface area contributed by atoms with Crippen molar-refractivity contribution in [2.24, 2.45) is 0 Å². The fourth-order valence-corrected chi connectivity index (χ4v) is 15.8. The highest BCUT2D eigenvalue weighted by molar-refractivity contribution is 6.84. The molecule has 0 aliphatic heterocycles. The van der Waals surface area contributed by atoms with Gasteiger partial charge in [0.25, 0.3) is 0 Å². The van der Waals surface area contributed by atoms with Crippen LogP contribution in [-0.2, 0) is 30.7 Å². The molecule has 0 fully saturated rings. The molecule has 186 valence electrons. The van der Waals surface area contributed by atoms with Crippen molar-refractivity contribution in [3.05, 3.63) is 0 Å². The van der Waals surface area contributed by atoms with E-state index in [0.717, 1.165) is 37.6 Å². The monoisotopic (exact) mass is 512 g/mol. The van der Waals surface area contributed by atoms with Gasteiger partial charge in [0.1, 0.15) is 6.71 Å². The highest BCUT2D eigenvalue weighted by Crippen LogP contribution is 2.27. The first-order valence-corrected chi connectivity index (χ1v) is 21.8. The average Bonchev–Trinajstić information content (AvgIpc) is 2.71. The summed E-state index contributed by atoms with van der Waals surface area (Å²) in [5.74, 6) is 0. The summed E-state index contributed by atoms with van der Waals surface area (Å²) in [6, 6.07) is 2.86. The van der Waals surface area contributed by atoms with E-state index < -0.39 is 34.2 Å². The van der Waals surface area contributed by atoms with Crippen molar-refractivity contribution in [2.75, 3.05) is 42.7 Å². The van der Waals surface area contributed by atoms with Gasteiger partial charge in [0, 0.05) is 54.7 Å². The van der Waals surface area contributed by atoms with Crippen LogP contribution in [0.25, 0.3) is 0 Å². The molecule has 0 aromatic carbocycles.